The van der Waals surface area contributed by atoms with Gasteiger partial charge in [0, 0.05) is 11.1 Å². The van der Waals surface area contributed by atoms with Crippen LogP contribution in [-0.4, -0.2) is 6.29 Å². The lowest BCUT2D eigenvalue weighted by Crippen LogP contribution is -1.96. The lowest BCUT2D eigenvalue weighted by molar-refractivity contribution is 0.112. The van der Waals surface area contributed by atoms with Crippen molar-refractivity contribution in [1.29, 1.82) is 5.26 Å². The van der Waals surface area contributed by atoms with Gasteiger partial charge in [0.1, 0.15) is 5.82 Å². The molecule has 0 saturated carbocycles. The van der Waals surface area contributed by atoms with E-state index in [4.69, 9.17) is 5.26 Å². The largest absolute Gasteiger partial charge is 0.298 e. The minimum Gasteiger partial charge on any atom is -0.298 e. The fourth-order valence-corrected chi connectivity index (χ4v) is 1.36. The summed E-state index contributed by atoms with van der Waals surface area (Å²) in [5, 5.41) is 8.58. The quantitative estimate of drug-likeness (QED) is 0.601. The molecule has 4 heteroatoms. The van der Waals surface area contributed by atoms with Crippen LogP contribution in [0.1, 0.15) is 15.9 Å². The molecule has 0 radical (unpaired) electrons. The summed E-state index contributed by atoms with van der Waals surface area (Å²) in [6, 6.07) is 4.55. The van der Waals surface area contributed by atoms with Crippen LogP contribution < -0.4 is 0 Å². The van der Waals surface area contributed by atoms with Crippen molar-refractivity contribution < 1.29 is 9.18 Å². The monoisotopic (exact) mass is 253 g/mol. The predicted octanol–water partition coefficient (Wildman–Crippen LogP) is 2.94. The van der Waals surface area contributed by atoms with Crippen LogP contribution in [0.25, 0.3) is 5.57 Å². The van der Waals surface area contributed by atoms with Crippen LogP contribution in [0.4, 0.5) is 4.39 Å². The molecular formula is C10H5BrFNO. The van der Waals surface area contributed by atoms with Gasteiger partial charge in [-0.25, -0.2) is 4.39 Å². The van der Waals surface area contributed by atoms with Crippen LogP contribution in [0, 0.1) is 17.1 Å². The Morgan fingerprint density at radius 1 is 1.64 bits per heavy atom. The number of carbonyl (C=O) groups excluding carboxylic acids is 1. The molecule has 1 aromatic rings. The Kier molecular flexibility index (Phi) is 3.15. The van der Waals surface area contributed by atoms with Crippen molar-refractivity contribution in [2.24, 2.45) is 0 Å². The fraction of sp³-hybridized carbons (Fsp3) is 0. The summed E-state index contributed by atoms with van der Waals surface area (Å²) in [7, 11) is 0. The number of hydrogen-bond acceptors (Lipinski definition) is 2. The van der Waals surface area contributed by atoms with Gasteiger partial charge in [-0.2, -0.15) is 5.26 Å². The van der Waals surface area contributed by atoms with Crippen LogP contribution in [-0.2, 0) is 0 Å². The van der Waals surface area contributed by atoms with Gasteiger partial charge < -0.3 is 0 Å². The molecule has 0 bridgehead atoms. The molecule has 0 amide bonds. The van der Waals surface area contributed by atoms with Crippen LogP contribution in [0.15, 0.2) is 23.2 Å². The van der Waals surface area contributed by atoms with Gasteiger partial charge in [-0.1, -0.05) is 6.58 Å². The Bertz CT molecular complexity index is 448. The van der Waals surface area contributed by atoms with Gasteiger partial charge in [-0.3, -0.25) is 4.79 Å². The molecular weight excluding hydrogens is 249 g/mol. The second-order valence-electron chi connectivity index (χ2n) is 2.53. The molecule has 0 aliphatic carbocycles. The second-order valence-corrected chi connectivity index (χ2v) is 3.39. The van der Waals surface area contributed by atoms with Gasteiger partial charge in [-0.15, -0.1) is 0 Å². The molecule has 0 atom stereocenters. The summed E-state index contributed by atoms with van der Waals surface area (Å²) < 4.78 is 13.7. The van der Waals surface area contributed by atoms with E-state index in [0.29, 0.717) is 6.29 Å². The lowest BCUT2D eigenvalue weighted by Gasteiger charge is -2.04. The van der Waals surface area contributed by atoms with E-state index < -0.39 is 5.82 Å². The van der Waals surface area contributed by atoms with Gasteiger partial charge in [0.2, 0.25) is 0 Å². The number of carbonyl (C=O) groups is 1. The highest BCUT2D eigenvalue weighted by molar-refractivity contribution is 9.10. The number of hydrogen-bond donors (Lipinski definition) is 0. The topological polar surface area (TPSA) is 40.9 Å². The van der Waals surface area contributed by atoms with Crippen molar-refractivity contribution in [1.82, 2.24) is 0 Å². The number of benzene rings is 1. The van der Waals surface area contributed by atoms with Gasteiger partial charge >= 0.3 is 0 Å². The first-order valence-electron chi connectivity index (χ1n) is 3.64. The number of nitrogens with zero attached hydrogens (tertiary/aromatic N) is 1. The van der Waals surface area contributed by atoms with E-state index in [9.17, 15) is 9.18 Å². The van der Waals surface area contributed by atoms with E-state index in [1.807, 2.05) is 0 Å². The Morgan fingerprint density at radius 3 is 2.79 bits per heavy atom. The summed E-state index contributed by atoms with van der Waals surface area (Å²) in [4.78, 5) is 10.6. The Morgan fingerprint density at radius 2 is 2.29 bits per heavy atom. The zero-order valence-corrected chi connectivity index (χ0v) is 8.64. The molecule has 0 N–H and O–H groups in total. The predicted molar refractivity (Wildman–Crippen MR) is 54.1 cm³/mol. The molecule has 2 nitrogen and oxygen atoms in total. The Hall–Kier alpha value is -1.47. The first-order valence-corrected chi connectivity index (χ1v) is 4.43. The number of aldehydes is 1. The van der Waals surface area contributed by atoms with Gasteiger partial charge in [0.25, 0.3) is 0 Å². The summed E-state index contributed by atoms with van der Waals surface area (Å²) in [5.41, 5.74) is 0.0139. The maximum Gasteiger partial charge on any atom is 0.150 e. The first kappa shape index (κ1) is 10.6. The van der Waals surface area contributed by atoms with E-state index >= 15 is 0 Å². The molecule has 0 fully saturated rings. The van der Waals surface area contributed by atoms with Crippen LogP contribution in [0.2, 0.25) is 0 Å². The SMILES string of the molecule is C=C(C#N)c1c(C=O)ccc(Br)c1F. The smallest absolute Gasteiger partial charge is 0.150 e. The zero-order chi connectivity index (χ0) is 10.7. The highest BCUT2D eigenvalue weighted by Gasteiger charge is 2.14. The molecule has 1 aromatic carbocycles. The van der Waals surface area contributed by atoms with Gasteiger partial charge in [0.05, 0.1) is 16.1 Å². The van der Waals surface area contributed by atoms with Crippen LogP contribution in [0.3, 0.4) is 0 Å². The van der Waals surface area contributed by atoms with Gasteiger partial charge in [-0.05, 0) is 28.1 Å². The third-order valence-electron chi connectivity index (χ3n) is 1.69. The van der Waals surface area contributed by atoms with Crippen LogP contribution in [0.5, 0.6) is 0 Å². The van der Waals surface area contributed by atoms with E-state index in [1.54, 1.807) is 6.07 Å². The molecule has 0 aliphatic rings. The van der Waals surface area contributed by atoms with E-state index in [2.05, 4.69) is 22.5 Å². The molecule has 0 aromatic heterocycles. The van der Waals surface area contributed by atoms with Gasteiger partial charge in [0.15, 0.2) is 6.29 Å². The molecule has 14 heavy (non-hydrogen) atoms. The van der Waals surface area contributed by atoms with E-state index in [1.165, 1.54) is 12.1 Å². The molecule has 0 heterocycles. The van der Waals surface area contributed by atoms with Crippen molar-refractivity contribution in [2.45, 2.75) is 0 Å². The van der Waals surface area contributed by atoms with Crippen LogP contribution >= 0.6 is 15.9 Å². The number of allylic oxidation sites excluding steroid dienone is 1. The highest BCUT2D eigenvalue weighted by Crippen LogP contribution is 2.26. The standard InChI is InChI=1S/C10H5BrFNO/c1-6(4-13)9-7(5-14)2-3-8(11)10(9)12/h2-3,5H,1H2. The van der Waals surface area contributed by atoms with Crippen molar-refractivity contribution in [3.8, 4) is 6.07 Å². The lowest BCUT2D eigenvalue weighted by atomic mass is 10.0. The normalized spacial score (nSPS) is 9.21. The average Bonchev–Trinajstić information content (AvgIpc) is 2.20. The average molecular weight is 254 g/mol. The first-order chi connectivity index (χ1) is 6.61. The summed E-state index contributed by atoms with van der Waals surface area (Å²) >= 11 is 2.97. The molecule has 0 spiro atoms. The van der Waals surface area contributed by atoms with Crippen molar-refractivity contribution in [3.05, 3.63) is 40.1 Å². The Labute approximate surface area is 88.8 Å². The summed E-state index contributed by atoms with van der Waals surface area (Å²) in [6.07, 6.45) is 0.493. The molecule has 0 unspecified atom stereocenters. The zero-order valence-electron chi connectivity index (χ0n) is 7.05. The minimum atomic E-state index is -0.638. The summed E-state index contributed by atoms with van der Waals surface area (Å²) in [6.45, 7) is 3.37. The minimum absolute atomic E-state index is 0.0446. The second kappa shape index (κ2) is 4.16. The molecule has 0 saturated heterocycles. The summed E-state index contributed by atoms with van der Waals surface area (Å²) in [5.74, 6) is -0.638. The third-order valence-corrected chi connectivity index (χ3v) is 2.30. The third kappa shape index (κ3) is 1.73. The maximum absolute atomic E-state index is 13.5. The van der Waals surface area contributed by atoms with Crippen molar-refractivity contribution in [2.75, 3.05) is 0 Å². The number of rotatable bonds is 2. The maximum atomic E-state index is 13.5. The fourth-order valence-electron chi connectivity index (χ4n) is 1.03. The highest BCUT2D eigenvalue weighted by atomic mass is 79.9. The Balaban J connectivity index is 3.52. The van der Waals surface area contributed by atoms with Crippen molar-refractivity contribution >= 4 is 27.8 Å². The number of nitriles is 1. The molecule has 1 rings (SSSR count). The molecule has 0 aliphatic heterocycles. The number of halogens is 2. The molecule has 70 valence electrons. The van der Waals surface area contributed by atoms with E-state index in [0.717, 1.165) is 0 Å². The van der Waals surface area contributed by atoms with Crippen molar-refractivity contribution in [3.63, 3.8) is 0 Å². The van der Waals surface area contributed by atoms with E-state index in [-0.39, 0.29) is 21.2 Å².